The largest absolute Gasteiger partial charge is 0.375 e. The van der Waals surface area contributed by atoms with Gasteiger partial charge in [0, 0.05) is 36.9 Å². The number of aliphatic imine (C=N–C) groups is 1. The van der Waals surface area contributed by atoms with Crippen molar-refractivity contribution in [3.05, 3.63) is 52.8 Å². The summed E-state index contributed by atoms with van der Waals surface area (Å²) in [6.07, 6.45) is 3.87. The second kappa shape index (κ2) is 12.4. The van der Waals surface area contributed by atoms with Gasteiger partial charge >= 0.3 is 0 Å². The fourth-order valence-electron chi connectivity index (χ4n) is 3.11. The van der Waals surface area contributed by atoms with Crippen LogP contribution in [0.3, 0.4) is 0 Å². The molecule has 0 amide bonds. The van der Waals surface area contributed by atoms with Crippen molar-refractivity contribution in [2.75, 3.05) is 39.4 Å². The molecule has 9 heteroatoms. The second-order valence-corrected chi connectivity index (χ2v) is 7.11. The van der Waals surface area contributed by atoms with Crippen LogP contribution in [0.25, 0.3) is 0 Å². The number of morpholine rings is 1. The molecule has 1 atom stereocenters. The highest BCUT2D eigenvalue weighted by Crippen LogP contribution is 2.21. The first kappa shape index (κ1) is 23.9. The molecular weight excluding hydrogens is 505 g/mol. The topological polar surface area (TPSA) is 63.9 Å². The molecule has 3 rings (SSSR count). The van der Waals surface area contributed by atoms with E-state index in [9.17, 15) is 0 Å². The van der Waals surface area contributed by atoms with Crippen molar-refractivity contribution >= 4 is 41.5 Å². The van der Waals surface area contributed by atoms with Crippen molar-refractivity contribution in [1.29, 1.82) is 0 Å². The molecule has 160 valence electrons. The maximum Gasteiger partial charge on any atom is 0.194 e. The van der Waals surface area contributed by atoms with E-state index in [0.717, 1.165) is 41.7 Å². The molecule has 1 aliphatic rings. The Kier molecular flexibility index (Phi) is 10.2. The first-order chi connectivity index (χ1) is 13.7. The van der Waals surface area contributed by atoms with Gasteiger partial charge < -0.3 is 19.7 Å². The zero-order valence-electron chi connectivity index (χ0n) is 16.9. The normalized spacial score (nSPS) is 17.1. The molecule has 1 fully saturated rings. The minimum atomic E-state index is 0. The molecule has 1 aliphatic heterocycles. The van der Waals surface area contributed by atoms with E-state index in [2.05, 4.69) is 22.2 Å². The predicted molar refractivity (Wildman–Crippen MR) is 126 cm³/mol. The van der Waals surface area contributed by atoms with Gasteiger partial charge in [0.25, 0.3) is 0 Å². The molecule has 1 aromatic carbocycles. The van der Waals surface area contributed by atoms with Gasteiger partial charge in [0.1, 0.15) is 6.10 Å². The molecule has 7 nitrogen and oxygen atoms in total. The number of hydrogen-bond donors (Lipinski definition) is 1. The Balaban J connectivity index is 0.00000300. The summed E-state index contributed by atoms with van der Waals surface area (Å²) in [7, 11) is 1.92. The molecule has 29 heavy (non-hydrogen) atoms. The summed E-state index contributed by atoms with van der Waals surface area (Å²) in [6.45, 7) is 6.80. The van der Waals surface area contributed by atoms with E-state index >= 15 is 0 Å². The van der Waals surface area contributed by atoms with Crippen LogP contribution in [0.5, 0.6) is 0 Å². The van der Waals surface area contributed by atoms with Crippen molar-refractivity contribution in [3.8, 4) is 0 Å². The Labute approximate surface area is 194 Å². The number of aromatic nitrogens is 2. The molecule has 2 heterocycles. The molecule has 2 aromatic rings. The minimum absolute atomic E-state index is 0. The van der Waals surface area contributed by atoms with Crippen LogP contribution in [-0.2, 0) is 23.1 Å². The summed E-state index contributed by atoms with van der Waals surface area (Å²) in [6, 6.07) is 7.71. The van der Waals surface area contributed by atoms with Gasteiger partial charge in [-0.15, -0.1) is 24.0 Å². The third-order valence-corrected chi connectivity index (χ3v) is 4.69. The van der Waals surface area contributed by atoms with Crippen molar-refractivity contribution in [1.82, 2.24) is 20.0 Å². The highest BCUT2D eigenvalue weighted by molar-refractivity contribution is 14.0. The lowest BCUT2D eigenvalue weighted by Gasteiger charge is -2.34. The lowest BCUT2D eigenvalue weighted by atomic mass is 10.1. The van der Waals surface area contributed by atoms with Crippen LogP contribution >= 0.6 is 35.6 Å². The zero-order valence-corrected chi connectivity index (χ0v) is 20.0. The Morgan fingerprint density at radius 1 is 1.45 bits per heavy atom. The zero-order chi connectivity index (χ0) is 19.8. The molecule has 0 bridgehead atoms. The second-order valence-electron chi connectivity index (χ2n) is 6.67. The maximum absolute atomic E-state index is 6.00. The van der Waals surface area contributed by atoms with E-state index in [0.29, 0.717) is 26.4 Å². The molecule has 1 saturated heterocycles. The highest BCUT2D eigenvalue weighted by atomic mass is 127. The number of guanidine groups is 1. The van der Waals surface area contributed by atoms with E-state index in [-0.39, 0.29) is 30.1 Å². The summed E-state index contributed by atoms with van der Waals surface area (Å²) in [4.78, 5) is 6.96. The number of benzene rings is 1. The standard InChI is InChI=1S/C20H28ClN5O2.HI/c1-3-22-20(23-7-9-27-15-16-5-4-6-18(21)11-16)26-8-10-28-19(14-26)17-12-24-25(2)13-17;/h4-6,11-13,19H,3,7-10,14-15H2,1-2H3,(H,22,23);1H. The van der Waals surface area contributed by atoms with Gasteiger partial charge in [-0.25, -0.2) is 0 Å². The summed E-state index contributed by atoms with van der Waals surface area (Å²) < 4.78 is 13.5. The lowest BCUT2D eigenvalue weighted by Crippen LogP contribution is -2.48. The quantitative estimate of drug-likeness (QED) is 0.256. The van der Waals surface area contributed by atoms with Gasteiger partial charge in [-0.05, 0) is 24.6 Å². The average molecular weight is 534 g/mol. The van der Waals surface area contributed by atoms with Crippen LogP contribution in [-0.4, -0.2) is 60.0 Å². The van der Waals surface area contributed by atoms with Crippen LogP contribution in [0.4, 0.5) is 0 Å². The monoisotopic (exact) mass is 533 g/mol. The number of nitrogens with zero attached hydrogens (tertiary/aromatic N) is 4. The fraction of sp³-hybridized carbons (Fsp3) is 0.500. The smallest absolute Gasteiger partial charge is 0.194 e. The van der Waals surface area contributed by atoms with E-state index < -0.39 is 0 Å². The van der Waals surface area contributed by atoms with Crippen LogP contribution < -0.4 is 5.32 Å². The lowest BCUT2D eigenvalue weighted by molar-refractivity contribution is -0.00809. The number of halogens is 2. The molecule has 0 spiro atoms. The molecule has 0 saturated carbocycles. The summed E-state index contributed by atoms with van der Waals surface area (Å²) in [5.41, 5.74) is 2.16. The van der Waals surface area contributed by atoms with Gasteiger partial charge in [0.15, 0.2) is 5.96 Å². The Morgan fingerprint density at radius 3 is 3.03 bits per heavy atom. The number of aryl methyl sites for hydroxylation is 1. The van der Waals surface area contributed by atoms with Gasteiger partial charge in [-0.3, -0.25) is 9.67 Å². The molecular formula is C20H29ClIN5O2. The summed E-state index contributed by atoms with van der Waals surface area (Å²) in [5, 5.41) is 8.34. The Morgan fingerprint density at radius 2 is 2.31 bits per heavy atom. The molecule has 1 unspecified atom stereocenters. The highest BCUT2D eigenvalue weighted by Gasteiger charge is 2.25. The maximum atomic E-state index is 6.00. The van der Waals surface area contributed by atoms with Crippen LogP contribution in [0.2, 0.25) is 5.02 Å². The van der Waals surface area contributed by atoms with E-state index in [1.807, 2.05) is 43.7 Å². The fourth-order valence-corrected chi connectivity index (χ4v) is 3.32. The first-order valence-corrected chi connectivity index (χ1v) is 9.99. The molecule has 1 N–H and O–H groups in total. The van der Waals surface area contributed by atoms with Gasteiger partial charge in [-0.2, -0.15) is 5.10 Å². The van der Waals surface area contributed by atoms with Gasteiger partial charge in [-0.1, -0.05) is 23.7 Å². The number of hydrogen-bond acceptors (Lipinski definition) is 4. The van der Waals surface area contributed by atoms with Crippen LogP contribution in [0, 0.1) is 0 Å². The first-order valence-electron chi connectivity index (χ1n) is 9.61. The SMILES string of the molecule is CCNC(=NCCOCc1cccc(Cl)c1)N1CCOC(c2cnn(C)c2)C1.I. The summed E-state index contributed by atoms with van der Waals surface area (Å²) in [5.74, 6) is 0.894. The van der Waals surface area contributed by atoms with E-state index in [1.54, 1.807) is 4.68 Å². The molecule has 1 aromatic heterocycles. The van der Waals surface area contributed by atoms with Crippen molar-refractivity contribution in [2.24, 2.45) is 12.0 Å². The van der Waals surface area contributed by atoms with Gasteiger partial charge in [0.05, 0.1) is 39.1 Å². The van der Waals surface area contributed by atoms with Crippen LogP contribution in [0.15, 0.2) is 41.7 Å². The Hall–Kier alpha value is -1.36. The van der Waals surface area contributed by atoms with Crippen LogP contribution in [0.1, 0.15) is 24.2 Å². The van der Waals surface area contributed by atoms with Gasteiger partial charge in [0.2, 0.25) is 0 Å². The summed E-state index contributed by atoms with van der Waals surface area (Å²) >= 11 is 6.00. The van der Waals surface area contributed by atoms with Crippen molar-refractivity contribution in [3.63, 3.8) is 0 Å². The number of rotatable bonds is 7. The molecule has 0 radical (unpaired) electrons. The Bertz CT molecular complexity index is 786. The third-order valence-electron chi connectivity index (χ3n) is 4.45. The number of nitrogens with one attached hydrogen (secondary N) is 1. The minimum Gasteiger partial charge on any atom is -0.375 e. The van der Waals surface area contributed by atoms with E-state index in [4.69, 9.17) is 26.1 Å². The van der Waals surface area contributed by atoms with Crippen molar-refractivity contribution in [2.45, 2.75) is 19.6 Å². The third kappa shape index (κ3) is 7.44. The predicted octanol–water partition coefficient (Wildman–Crippen LogP) is 3.25. The average Bonchev–Trinajstić information content (AvgIpc) is 3.13. The van der Waals surface area contributed by atoms with Crippen molar-refractivity contribution < 1.29 is 9.47 Å². The number of ether oxygens (including phenoxy) is 2. The van der Waals surface area contributed by atoms with E-state index in [1.165, 1.54) is 0 Å². The molecule has 0 aliphatic carbocycles.